The molecule has 3 nitrogen and oxygen atoms in total. The zero-order valence-electron chi connectivity index (χ0n) is 6.79. The van der Waals surface area contributed by atoms with E-state index in [9.17, 15) is 8.42 Å². The fraction of sp³-hybridized carbons (Fsp3) is 0.714. The van der Waals surface area contributed by atoms with Crippen LogP contribution >= 0.6 is 0 Å². The minimum atomic E-state index is -3.31. The van der Waals surface area contributed by atoms with E-state index in [-0.39, 0.29) is 11.7 Å². The number of primary sulfonamides is 1. The van der Waals surface area contributed by atoms with E-state index in [1.807, 2.05) is 6.92 Å². The van der Waals surface area contributed by atoms with E-state index in [0.29, 0.717) is 6.42 Å². The van der Waals surface area contributed by atoms with Crippen LogP contribution in [-0.2, 0) is 10.0 Å². The number of hydrogen-bond donors (Lipinski definition) is 1. The lowest BCUT2D eigenvalue weighted by Crippen LogP contribution is -2.22. The Balaban J connectivity index is 3.98. The summed E-state index contributed by atoms with van der Waals surface area (Å²) in [5.74, 6) is 0.192. The third-order valence-corrected chi connectivity index (χ3v) is 2.48. The molecular formula is C7H15NO2S. The van der Waals surface area contributed by atoms with Crippen molar-refractivity contribution in [1.29, 1.82) is 0 Å². The molecule has 0 bridgehead atoms. The third-order valence-electron chi connectivity index (χ3n) is 1.55. The van der Waals surface area contributed by atoms with Crippen molar-refractivity contribution in [3.05, 3.63) is 12.7 Å². The first-order chi connectivity index (χ1) is 4.99. The number of allylic oxidation sites excluding steroid dienone is 1. The van der Waals surface area contributed by atoms with Crippen LogP contribution in [-0.4, -0.2) is 14.2 Å². The van der Waals surface area contributed by atoms with Gasteiger partial charge in [0.1, 0.15) is 0 Å². The minimum absolute atomic E-state index is 0.0650. The molecule has 0 aliphatic heterocycles. The van der Waals surface area contributed by atoms with Crippen molar-refractivity contribution >= 4 is 10.0 Å². The summed E-state index contributed by atoms with van der Waals surface area (Å²) < 4.78 is 21.2. The summed E-state index contributed by atoms with van der Waals surface area (Å²) in [6, 6.07) is 0. The van der Waals surface area contributed by atoms with E-state index >= 15 is 0 Å². The van der Waals surface area contributed by atoms with Crippen LogP contribution in [0.4, 0.5) is 0 Å². The highest BCUT2D eigenvalue weighted by Gasteiger charge is 2.11. The monoisotopic (exact) mass is 177 g/mol. The third kappa shape index (κ3) is 6.06. The molecule has 0 aliphatic rings. The van der Waals surface area contributed by atoms with Gasteiger partial charge in [-0.1, -0.05) is 19.4 Å². The summed E-state index contributed by atoms with van der Waals surface area (Å²) in [5.41, 5.74) is 0. The maximum absolute atomic E-state index is 10.6. The molecule has 0 spiro atoms. The minimum Gasteiger partial charge on any atom is -0.229 e. The van der Waals surface area contributed by atoms with Gasteiger partial charge >= 0.3 is 0 Å². The van der Waals surface area contributed by atoms with Crippen LogP contribution in [0.3, 0.4) is 0 Å². The first kappa shape index (κ1) is 10.7. The molecule has 0 heterocycles. The molecule has 0 rings (SSSR count). The van der Waals surface area contributed by atoms with Gasteiger partial charge in [0.05, 0.1) is 5.75 Å². The van der Waals surface area contributed by atoms with Crippen LogP contribution in [0.2, 0.25) is 0 Å². The van der Waals surface area contributed by atoms with Gasteiger partial charge in [-0.3, -0.25) is 0 Å². The molecule has 1 unspecified atom stereocenters. The Kier molecular flexibility index (Phi) is 4.37. The molecule has 0 saturated carbocycles. The van der Waals surface area contributed by atoms with E-state index in [4.69, 9.17) is 5.14 Å². The van der Waals surface area contributed by atoms with Gasteiger partial charge in [-0.2, -0.15) is 0 Å². The van der Waals surface area contributed by atoms with Crippen molar-refractivity contribution < 1.29 is 8.42 Å². The predicted molar refractivity (Wildman–Crippen MR) is 46.6 cm³/mol. The number of sulfonamides is 1. The highest BCUT2D eigenvalue weighted by Crippen LogP contribution is 2.09. The van der Waals surface area contributed by atoms with Crippen molar-refractivity contribution in [2.45, 2.75) is 19.8 Å². The molecule has 11 heavy (non-hydrogen) atoms. The van der Waals surface area contributed by atoms with Crippen LogP contribution in [0.25, 0.3) is 0 Å². The molecule has 0 saturated heterocycles. The number of hydrogen-bond acceptors (Lipinski definition) is 2. The summed E-state index contributed by atoms with van der Waals surface area (Å²) >= 11 is 0. The van der Waals surface area contributed by atoms with Gasteiger partial charge in [-0.15, -0.1) is 6.58 Å². The SMILES string of the molecule is C=CCC(CC)CS(N)(=O)=O. The number of nitrogens with two attached hydrogens (primary N) is 1. The van der Waals surface area contributed by atoms with Crippen LogP contribution in [0, 0.1) is 5.92 Å². The molecule has 0 radical (unpaired) electrons. The fourth-order valence-corrected chi connectivity index (χ4v) is 1.95. The molecule has 66 valence electrons. The van der Waals surface area contributed by atoms with E-state index < -0.39 is 10.0 Å². The normalized spacial score (nSPS) is 14.4. The molecule has 0 aromatic carbocycles. The first-order valence-corrected chi connectivity index (χ1v) is 5.32. The summed E-state index contributed by atoms with van der Waals surface area (Å²) in [6.07, 6.45) is 3.26. The Labute approximate surface area is 68.3 Å². The highest BCUT2D eigenvalue weighted by molar-refractivity contribution is 7.89. The van der Waals surface area contributed by atoms with Crippen molar-refractivity contribution in [2.24, 2.45) is 11.1 Å². The molecule has 1 atom stereocenters. The van der Waals surface area contributed by atoms with Gasteiger partial charge in [0.15, 0.2) is 0 Å². The van der Waals surface area contributed by atoms with Gasteiger partial charge < -0.3 is 0 Å². The summed E-state index contributed by atoms with van der Waals surface area (Å²) in [7, 11) is -3.31. The van der Waals surface area contributed by atoms with Crippen LogP contribution in [0.1, 0.15) is 19.8 Å². The average Bonchev–Trinajstić information content (AvgIpc) is 1.84. The Hall–Kier alpha value is -0.350. The van der Waals surface area contributed by atoms with Gasteiger partial charge in [0.2, 0.25) is 10.0 Å². The van der Waals surface area contributed by atoms with Gasteiger partial charge in [-0.25, -0.2) is 13.6 Å². The van der Waals surface area contributed by atoms with Crippen molar-refractivity contribution in [1.82, 2.24) is 0 Å². The standard InChI is InChI=1S/C7H15NO2S/c1-3-5-7(4-2)6-11(8,9)10/h3,7H,1,4-6H2,2H3,(H2,8,9,10). The molecule has 4 heteroatoms. The summed E-state index contributed by atoms with van der Waals surface area (Å²) in [5, 5.41) is 4.88. The molecule has 0 fully saturated rings. The maximum Gasteiger partial charge on any atom is 0.209 e. The molecule has 0 aromatic rings. The quantitative estimate of drug-likeness (QED) is 0.634. The second-order valence-corrected chi connectivity index (χ2v) is 4.29. The van der Waals surface area contributed by atoms with Crippen LogP contribution in [0.15, 0.2) is 12.7 Å². The zero-order chi connectivity index (χ0) is 8.91. The average molecular weight is 177 g/mol. The van der Waals surface area contributed by atoms with E-state index in [2.05, 4.69) is 6.58 Å². The van der Waals surface area contributed by atoms with Crippen molar-refractivity contribution in [2.75, 3.05) is 5.75 Å². The molecule has 0 amide bonds. The van der Waals surface area contributed by atoms with E-state index in [1.165, 1.54) is 0 Å². The Morgan fingerprint density at radius 2 is 2.18 bits per heavy atom. The topological polar surface area (TPSA) is 60.2 Å². The Morgan fingerprint density at radius 3 is 2.45 bits per heavy atom. The summed E-state index contributed by atoms with van der Waals surface area (Å²) in [6.45, 7) is 5.49. The van der Waals surface area contributed by atoms with E-state index in [0.717, 1.165) is 6.42 Å². The zero-order valence-corrected chi connectivity index (χ0v) is 7.60. The van der Waals surface area contributed by atoms with Gasteiger partial charge in [0.25, 0.3) is 0 Å². The van der Waals surface area contributed by atoms with Crippen molar-refractivity contribution in [3.8, 4) is 0 Å². The fourth-order valence-electron chi connectivity index (χ4n) is 0.917. The lowest BCUT2D eigenvalue weighted by atomic mass is 10.1. The lowest BCUT2D eigenvalue weighted by Gasteiger charge is -2.09. The van der Waals surface area contributed by atoms with Crippen LogP contribution in [0.5, 0.6) is 0 Å². The predicted octanol–water partition coefficient (Wildman–Crippen LogP) is 0.877. The molecule has 0 aromatic heterocycles. The highest BCUT2D eigenvalue weighted by atomic mass is 32.2. The number of rotatable bonds is 5. The first-order valence-electron chi connectivity index (χ1n) is 3.61. The van der Waals surface area contributed by atoms with Crippen molar-refractivity contribution in [3.63, 3.8) is 0 Å². The molecule has 2 N–H and O–H groups in total. The molecule has 0 aliphatic carbocycles. The second kappa shape index (κ2) is 4.51. The summed E-state index contributed by atoms with van der Waals surface area (Å²) in [4.78, 5) is 0. The van der Waals surface area contributed by atoms with E-state index in [1.54, 1.807) is 6.08 Å². The van der Waals surface area contributed by atoms with Gasteiger partial charge in [0, 0.05) is 0 Å². The smallest absolute Gasteiger partial charge is 0.209 e. The maximum atomic E-state index is 10.6. The second-order valence-electron chi connectivity index (χ2n) is 2.63. The van der Waals surface area contributed by atoms with Gasteiger partial charge in [-0.05, 0) is 12.3 Å². The lowest BCUT2D eigenvalue weighted by molar-refractivity contribution is 0.542. The molecular weight excluding hydrogens is 162 g/mol. The Bertz CT molecular complexity index is 208. The largest absolute Gasteiger partial charge is 0.229 e. The van der Waals surface area contributed by atoms with Crippen LogP contribution < -0.4 is 5.14 Å². The Morgan fingerprint density at radius 1 is 1.64 bits per heavy atom.